The number of aliphatic hydroxyl groups is 1. The summed E-state index contributed by atoms with van der Waals surface area (Å²) in [5.74, 6) is 2.99. The zero-order valence-electron chi connectivity index (χ0n) is 20.6. The highest BCUT2D eigenvalue weighted by Crippen LogP contribution is 2.40. The molecule has 3 nitrogen and oxygen atoms in total. The molecule has 0 aliphatic carbocycles. The fraction of sp³-hybridized carbons (Fsp3) is 0.571. The number of fused-ring (bicyclic) bond motifs is 2. The fourth-order valence-corrected chi connectivity index (χ4v) is 4.27. The first-order chi connectivity index (χ1) is 14.4. The highest BCUT2D eigenvalue weighted by atomic mass is 16.5. The lowest BCUT2D eigenvalue weighted by Crippen LogP contribution is -2.18. The van der Waals surface area contributed by atoms with Gasteiger partial charge in [0.1, 0.15) is 11.5 Å². The first-order valence-electron chi connectivity index (χ1n) is 11.6. The van der Waals surface area contributed by atoms with Crippen LogP contribution in [0.5, 0.6) is 11.5 Å². The Balaban J connectivity index is 0.000000176. The molecule has 0 fully saturated rings. The molecule has 0 spiro atoms. The average Bonchev–Trinajstić information content (AvgIpc) is 3.16. The zero-order valence-corrected chi connectivity index (χ0v) is 20.6. The van der Waals surface area contributed by atoms with Gasteiger partial charge in [-0.05, 0) is 47.6 Å². The summed E-state index contributed by atoms with van der Waals surface area (Å²) in [5, 5.41) is 10.1. The molecular weight excluding hydrogens is 384 g/mol. The lowest BCUT2D eigenvalue weighted by molar-refractivity contribution is 0.127. The van der Waals surface area contributed by atoms with Crippen LogP contribution in [0.2, 0.25) is 0 Å². The maximum atomic E-state index is 10.1. The van der Waals surface area contributed by atoms with Crippen molar-refractivity contribution in [3.63, 3.8) is 0 Å². The van der Waals surface area contributed by atoms with Gasteiger partial charge in [0.15, 0.2) is 0 Å². The molecule has 2 aromatic rings. The topological polar surface area (TPSA) is 38.7 Å². The Bertz CT molecular complexity index is 908. The van der Waals surface area contributed by atoms with Gasteiger partial charge in [0.05, 0.1) is 19.3 Å². The van der Waals surface area contributed by atoms with Gasteiger partial charge in [0, 0.05) is 22.0 Å². The molecule has 170 valence electrons. The molecule has 0 aromatic heterocycles. The highest BCUT2D eigenvalue weighted by Gasteiger charge is 2.33. The summed E-state index contributed by atoms with van der Waals surface area (Å²) in [6, 6.07) is 12.7. The summed E-state index contributed by atoms with van der Waals surface area (Å²) in [7, 11) is 0. The van der Waals surface area contributed by atoms with Crippen LogP contribution in [-0.4, -0.2) is 18.3 Å². The van der Waals surface area contributed by atoms with Crippen molar-refractivity contribution in [1.29, 1.82) is 0 Å². The van der Waals surface area contributed by atoms with Crippen molar-refractivity contribution in [2.75, 3.05) is 13.2 Å². The van der Waals surface area contributed by atoms with Gasteiger partial charge in [0.2, 0.25) is 0 Å². The molecule has 0 radical (unpaired) electrons. The van der Waals surface area contributed by atoms with Crippen molar-refractivity contribution >= 4 is 0 Å². The first-order valence-corrected chi connectivity index (χ1v) is 11.6. The van der Waals surface area contributed by atoms with Crippen LogP contribution in [0.15, 0.2) is 36.4 Å². The van der Waals surface area contributed by atoms with Crippen molar-refractivity contribution < 1.29 is 14.6 Å². The normalized spacial score (nSPS) is 18.5. The Kier molecular flexibility index (Phi) is 6.76. The van der Waals surface area contributed by atoms with Gasteiger partial charge < -0.3 is 14.6 Å². The Hall–Kier alpha value is -2.00. The molecule has 1 atom stereocenters. The molecule has 31 heavy (non-hydrogen) atoms. The number of rotatable bonds is 4. The molecule has 0 saturated heterocycles. The van der Waals surface area contributed by atoms with Gasteiger partial charge in [0.25, 0.3) is 0 Å². The summed E-state index contributed by atoms with van der Waals surface area (Å²) < 4.78 is 11.3. The minimum absolute atomic E-state index is 0.0576. The van der Waals surface area contributed by atoms with E-state index in [9.17, 15) is 5.11 Å². The van der Waals surface area contributed by atoms with Crippen LogP contribution in [0.1, 0.15) is 83.7 Å². The van der Waals surface area contributed by atoms with E-state index in [4.69, 9.17) is 9.47 Å². The van der Waals surface area contributed by atoms with E-state index in [1.165, 1.54) is 16.7 Å². The van der Waals surface area contributed by atoms with Crippen molar-refractivity contribution in [3.8, 4) is 11.5 Å². The summed E-state index contributed by atoms with van der Waals surface area (Å²) in [5.41, 5.74) is 5.25. The predicted molar refractivity (Wildman–Crippen MR) is 128 cm³/mol. The SMILES string of the molecule is CC(C)C(O)c1ccc2c(c1)C(C)(C)CO2.CC(C)Cc1ccc2c(c1)C(C)(C)CO2. The molecule has 0 amide bonds. The van der Waals surface area contributed by atoms with E-state index in [2.05, 4.69) is 65.8 Å². The third-order valence-corrected chi connectivity index (χ3v) is 6.30. The molecule has 3 heteroatoms. The van der Waals surface area contributed by atoms with E-state index in [0.29, 0.717) is 5.92 Å². The Labute approximate surface area is 188 Å². The summed E-state index contributed by atoms with van der Waals surface area (Å²) >= 11 is 0. The van der Waals surface area contributed by atoms with E-state index in [-0.39, 0.29) is 22.9 Å². The molecular formula is C28H40O3. The van der Waals surface area contributed by atoms with E-state index >= 15 is 0 Å². The molecule has 2 aliphatic heterocycles. The van der Waals surface area contributed by atoms with Crippen molar-refractivity contribution in [3.05, 3.63) is 58.7 Å². The highest BCUT2D eigenvalue weighted by molar-refractivity contribution is 5.46. The largest absolute Gasteiger partial charge is 0.492 e. The molecule has 2 aromatic carbocycles. The minimum Gasteiger partial charge on any atom is -0.492 e. The van der Waals surface area contributed by atoms with Gasteiger partial charge in [-0.25, -0.2) is 0 Å². The average molecular weight is 425 g/mol. The number of hydrogen-bond acceptors (Lipinski definition) is 3. The lowest BCUT2D eigenvalue weighted by Gasteiger charge is -2.19. The van der Waals surface area contributed by atoms with E-state index in [1.807, 2.05) is 26.0 Å². The van der Waals surface area contributed by atoms with Crippen molar-refractivity contribution in [1.82, 2.24) is 0 Å². The summed E-state index contributed by atoms with van der Waals surface area (Å²) in [4.78, 5) is 0. The molecule has 4 rings (SSSR count). The molecule has 0 saturated carbocycles. The molecule has 2 heterocycles. The number of hydrogen-bond donors (Lipinski definition) is 1. The monoisotopic (exact) mass is 424 g/mol. The van der Waals surface area contributed by atoms with Crippen LogP contribution in [0.25, 0.3) is 0 Å². The summed E-state index contributed by atoms with van der Waals surface area (Å²) in [6.45, 7) is 18.9. The molecule has 0 bridgehead atoms. The zero-order chi connectivity index (χ0) is 23.0. The van der Waals surface area contributed by atoms with Gasteiger partial charge in [-0.1, -0.05) is 73.6 Å². The second-order valence-corrected chi connectivity index (χ2v) is 11.2. The first kappa shape index (κ1) is 23.7. The molecule has 2 aliphatic rings. The van der Waals surface area contributed by atoms with Crippen LogP contribution in [0.3, 0.4) is 0 Å². The predicted octanol–water partition coefficient (Wildman–Crippen LogP) is 6.60. The van der Waals surface area contributed by atoms with Gasteiger partial charge >= 0.3 is 0 Å². The Morgan fingerprint density at radius 3 is 1.84 bits per heavy atom. The maximum Gasteiger partial charge on any atom is 0.123 e. The Morgan fingerprint density at radius 2 is 1.32 bits per heavy atom. The second kappa shape index (κ2) is 8.86. The standard InChI is InChI=1S/C14H20O2.C14H20O/c1-9(2)13(15)10-5-6-12-11(7-10)14(3,4)8-16-12;1-10(2)7-11-5-6-13-12(8-11)14(3,4)9-15-13/h5-7,9,13,15H,8H2,1-4H3;5-6,8,10H,7,9H2,1-4H3. The minimum atomic E-state index is -0.387. The van der Waals surface area contributed by atoms with Crippen LogP contribution in [0.4, 0.5) is 0 Å². The number of benzene rings is 2. The Morgan fingerprint density at radius 1 is 0.806 bits per heavy atom. The maximum absolute atomic E-state index is 10.1. The third kappa shape index (κ3) is 5.26. The van der Waals surface area contributed by atoms with E-state index < -0.39 is 0 Å². The van der Waals surface area contributed by atoms with E-state index in [1.54, 1.807) is 0 Å². The van der Waals surface area contributed by atoms with Crippen molar-refractivity contribution in [2.45, 2.75) is 78.7 Å². The van der Waals surface area contributed by atoms with Gasteiger partial charge in [-0.2, -0.15) is 0 Å². The van der Waals surface area contributed by atoms with Crippen LogP contribution < -0.4 is 9.47 Å². The van der Waals surface area contributed by atoms with E-state index in [0.717, 1.165) is 36.7 Å². The second-order valence-electron chi connectivity index (χ2n) is 11.2. The van der Waals surface area contributed by atoms with Crippen LogP contribution in [-0.2, 0) is 17.3 Å². The quantitative estimate of drug-likeness (QED) is 0.601. The van der Waals surface area contributed by atoms with Crippen LogP contribution in [0, 0.1) is 11.8 Å². The third-order valence-electron chi connectivity index (χ3n) is 6.30. The smallest absolute Gasteiger partial charge is 0.123 e. The van der Waals surface area contributed by atoms with Gasteiger partial charge in [-0.15, -0.1) is 0 Å². The van der Waals surface area contributed by atoms with Gasteiger partial charge in [-0.3, -0.25) is 0 Å². The lowest BCUT2D eigenvalue weighted by atomic mass is 9.85. The summed E-state index contributed by atoms with van der Waals surface area (Å²) in [6.07, 6.45) is 0.769. The van der Waals surface area contributed by atoms with Crippen LogP contribution >= 0.6 is 0 Å². The molecule has 1 N–H and O–H groups in total. The fourth-order valence-electron chi connectivity index (χ4n) is 4.27. The molecule has 1 unspecified atom stereocenters. The van der Waals surface area contributed by atoms with Crippen molar-refractivity contribution in [2.24, 2.45) is 11.8 Å². The number of ether oxygens (including phenoxy) is 2. The number of aliphatic hydroxyl groups excluding tert-OH is 1.